The summed E-state index contributed by atoms with van der Waals surface area (Å²) in [4.78, 5) is 5.64. The van der Waals surface area contributed by atoms with E-state index in [0.717, 1.165) is 52.1 Å². The molecule has 3 rings (SSSR count). The van der Waals surface area contributed by atoms with Gasteiger partial charge in [0.15, 0.2) is 0 Å². The van der Waals surface area contributed by atoms with E-state index in [1.165, 1.54) is 4.70 Å². The third-order valence-electron chi connectivity index (χ3n) is 3.44. The van der Waals surface area contributed by atoms with Crippen molar-refractivity contribution in [3.05, 3.63) is 42.5 Å². The number of benzene rings is 2. The van der Waals surface area contributed by atoms with Crippen LogP contribution in [0, 0.1) is 0 Å². The first-order valence-electron chi connectivity index (χ1n) is 7.52. The van der Waals surface area contributed by atoms with Gasteiger partial charge in [-0.15, -0.1) is 24.0 Å². The molecule has 120 valence electrons. The van der Waals surface area contributed by atoms with Crippen LogP contribution < -0.4 is 10.6 Å². The molecule has 0 spiro atoms. The Morgan fingerprint density at radius 3 is 2.70 bits per heavy atom. The monoisotopic (exact) mass is 361 g/mol. The molecule has 23 heavy (non-hydrogen) atoms. The summed E-state index contributed by atoms with van der Waals surface area (Å²) in [5.41, 5.74) is 3.20. The number of hydrogen-bond donors (Lipinski definition) is 4. The van der Waals surface area contributed by atoms with Crippen molar-refractivity contribution < 1.29 is 0 Å². The molecule has 3 aromatic rings. The van der Waals surface area contributed by atoms with Gasteiger partial charge in [0.25, 0.3) is 0 Å². The van der Waals surface area contributed by atoms with Crippen LogP contribution in [-0.4, -0.2) is 30.4 Å². The highest BCUT2D eigenvalue weighted by Gasteiger charge is 2.08. The van der Waals surface area contributed by atoms with Crippen LogP contribution in [0.5, 0.6) is 0 Å². The molecule has 0 fully saturated rings. The summed E-state index contributed by atoms with van der Waals surface area (Å²) in [7, 11) is 0. The SMILES string of the molecule is SCCNCCNc1ccc(-c2nc3ccccc3s2)cc1S. The van der Waals surface area contributed by atoms with E-state index in [-0.39, 0.29) is 0 Å². The van der Waals surface area contributed by atoms with Gasteiger partial charge in [0.1, 0.15) is 5.01 Å². The lowest BCUT2D eigenvalue weighted by atomic mass is 10.2. The van der Waals surface area contributed by atoms with Crippen molar-refractivity contribution in [2.24, 2.45) is 0 Å². The number of anilines is 1. The normalized spacial score (nSPS) is 11.0. The highest BCUT2D eigenvalue weighted by molar-refractivity contribution is 7.80. The second-order valence-corrected chi connectivity index (χ2v) is 7.08. The number of thiol groups is 2. The molecule has 2 N–H and O–H groups in total. The summed E-state index contributed by atoms with van der Waals surface area (Å²) >= 11 is 10.5. The predicted octanol–water partition coefficient (Wildman–Crippen LogP) is 4.18. The number of thiazole rings is 1. The minimum Gasteiger partial charge on any atom is -0.383 e. The van der Waals surface area contributed by atoms with Crippen molar-refractivity contribution in [1.82, 2.24) is 10.3 Å². The summed E-state index contributed by atoms with van der Waals surface area (Å²) in [6.45, 7) is 2.70. The maximum absolute atomic E-state index is 4.70. The highest BCUT2D eigenvalue weighted by atomic mass is 32.1. The molecule has 0 saturated carbocycles. The second-order valence-electron chi connectivity index (χ2n) is 5.12. The van der Waals surface area contributed by atoms with E-state index in [0.29, 0.717) is 0 Å². The van der Waals surface area contributed by atoms with Gasteiger partial charge in [0.2, 0.25) is 0 Å². The van der Waals surface area contributed by atoms with Crippen LogP contribution in [-0.2, 0) is 0 Å². The van der Waals surface area contributed by atoms with E-state index in [9.17, 15) is 0 Å². The van der Waals surface area contributed by atoms with Crippen molar-refractivity contribution in [3.8, 4) is 10.6 Å². The van der Waals surface area contributed by atoms with Crippen LogP contribution in [0.15, 0.2) is 47.4 Å². The lowest BCUT2D eigenvalue weighted by Gasteiger charge is -2.10. The van der Waals surface area contributed by atoms with E-state index >= 15 is 0 Å². The number of fused-ring (bicyclic) bond motifs is 1. The Kier molecular flexibility index (Phi) is 5.83. The zero-order valence-electron chi connectivity index (χ0n) is 12.6. The van der Waals surface area contributed by atoms with Crippen LogP contribution in [0.3, 0.4) is 0 Å². The molecule has 0 atom stereocenters. The van der Waals surface area contributed by atoms with Crippen molar-refractivity contribution in [3.63, 3.8) is 0 Å². The lowest BCUT2D eigenvalue weighted by Crippen LogP contribution is -2.23. The van der Waals surface area contributed by atoms with Gasteiger partial charge in [-0.1, -0.05) is 12.1 Å². The topological polar surface area (TPSA) is 37.0 Å². The number of nitrogens with zero attached hydrogens (tertiary/aromatic N) is 1. The molecule has 0 unspecified atom stereocenters. The van der Waals surface area contributed by atoms with Gasteiger partial charge in [-0.05, 0) is 30.3 Å². The van der Waals surface area contributed by atoms with Crippen LogP contribution in [0.2, 0.25) is 0 Å². The van der Waals surface area contributed by atoms with E-state index in [2.05, 4.69) is 60.2 Å². The molecular formula is C17H19N3S3. The first-order chi connectivity index (χ1) is 11.3. The molecular weight excluding hydrogens is 342 g/mol. The Morgan fingerprint density at radius 2 is 1.91 bits per heavy atom. The lowest BCUT2D eigenvalue weighted by molar-refractivity contribution is 0.744. The summed E-state index contributed by atoms with van der Waals surface area (Å²) in [5.74, 6) is 0.856. The molecule has 1 aromatic heterocycles. The van der Waals surface area contributed by atoms with Gasteiger partial charge in [0.05, 0.1) is 10.2 Å². The van der Waals surface area contributed by atoms with Crippen molar-refractivity contribution in [2.45, 2.75) is 4.90 Å². The number of hydrogen-bond acceptors (Lipinski definition) is 6. The fourth-order valence-corrected chi connectivity index (χ4v) is 3.71. The molecule has 0 bridgehead atoms. The first kappa shape index (κ1) is 16.6. The third kappa shape index (κ3) is 4.20. The fraction of sp³-hybridized carbons (Fsp3) is 0.235. The Labute approximate surface area is 151 Å². The Bertz CT molecular complexity index is 753. The number of para-hydroxylation sites is 1. The smallest absolute Gasteiger partial charge is 0.124 e. The molecule has 0 saturated heterocycles. The van der Waals surface area contributed by atoms with Crippen molar-refractivity contribution in [1.29, 1.82) is 0 Å². The summed E-state index contributed by atoms with van der Waals surface area (Å²) in [5, 5.41) is 7.73. The Morgan fingerprint density at radius 1 is 1.04 bits per heavy atom. The largest absolute Gasteiger partial charge is 0.383 e. The van der Waals surface area contributed by atoms with Crippen LogP contribution in [0.1, 0.15) is 0 Å². The molecule has 0 radical (unpaired) electrons. The fourth-order valence-electron chi connectivity index (χ4n) is 2.30. The maximum atomic E-state index is 4.70. The van der Waals surface area contributed by atoms with Gasteiger partial charge in [-0.25, -0.2) is 4.98 Å². The second kappa shape index (κ2) is 8.06. The molecule has 0 aliphatic heterocycles. The molecule has 0 amide bonds. The predicted molar refractivity (Wildman–Crippen MR) is 108 cm³/mol. The van der Waals surface area contributed by atoms with E-state index in [1.807, 2.05) is 18.2 Å². The molecule has 2 aromatic carbocycles. The van der Waals surface area contributed by atoms with Crippen molar-refractivity contribution in [2.75, 3.05) is 30.7 Å². The standard InChI is InChI=1S/C17H19N3S3/c21-10-9-18-7-8-19-13-6-5-12(11-15(13)22)17-20-14-3-1-2-4-16(14)23-17/h1-6,11,18-19,21-22H,7-10H2. The quantitative estimate of drug-likeness (QED) is 0.377. The van der Waals surface area contributed by atoms with E-state index < -0.39 is 0 Å². The Hall–Kier alpha value is -1.21. The van der Waals surface area contributed by atoms with Gasteiger partial charge in [-0.3, -0.25) is 0 Å². The van der Waals surface area contributed by atoms with E-state index in [4.69, 9.17) is 4.98 Å². The summed E-state index contributed by atoms with van der Waals surface area (Å²) < 4.78 is 1.21. The molecule has 0 aliphatic rings. The summed E-state index contributed by atoms with van der Waals surface area (Å²) in [6.07, 6.45) is 0. The zero-order chi connectivity index (χ0) is 16.1. The number of nitrogens with one attached hydrogen (secondary N) is 2. The minimum atomic E-state index is 0.856. The summed E-state index contributed by atoms with van der Waals surface area (Å²) in [6, 6.07) is 14.5. The number of aromatic nitrogens is 1. The van der Waals surface area contributed by atoms with Gasteiger partial charge in [-0.2, -0.15) is 12.6 Å². The number of rotatable bonds is 7. The van der Waals surface area contributed by atoms with Gasteiger partial charge in [0, 0.05) is 41.5 Å². The van der Waals surface area contributed by atoms with Gasteiger partial charge >= 0.3 is 0 Å². The van der Waals surface area contributed by atoms with E-state index in [1.54, 1.807) is 11.3 Å². The van der Waals surface area contributed by atoms with Gasteiger partial charge < -0.3 is 10.6 Å². The average Bonchev–Trinajstić information content (AvgIpc) is 3.00. The van der Waals surface area contributed by atoms with Crippen LogP contribution in [0.4, 0.5) is 5.69 Å². The zero-order valence-corrected chi connectivity index (χ0v) is 15.2. The van der Waals surface area contributed by atoms with Crippen molar-refractivity contribution >= 4 is 52.5 Å². The van der Waals surface area contributed by atoms with Crippen LogP contribution in [0.25, 0.3) is 20.8 Å². The first-order valence-corrected chi connectivity index (χ1v) is 9.42. The molecule has 3 nitrogen and oxygen atoms in total. The third-order valence-corrected chi connectivity index (χ3v) is 5.12. The minimum absolute atomic E-state index is 0.856. The maximum Gasteiger partial charge on any atom is 0.124 e. The van der Waals surface area contributed by atoms with Crippen LogP contribution >= 0.6 is 36.6 Å². The molecule has 1 heterocycles. The highest BCUT2D eigenvalue weighted by Crippen LogP contribution is 2.33. The Balaban J connectivity index is 1.71. The molecule has 6 heteroatoms. The molecule has 0 aliphatic carbocycles. The average molecular weight is 362 g/mol.